The van der Waals surface area contributed by atoms with Crippen molar-refractivity contribution >= 4 is 29.2 Å². The van der Waals surface area contributed by atoms with Gasteiger partial charge in [-0.05, 0) is 51.2 Å². The van der Waals surface area contributed by atoms with Gasteiger partial charge in [0.05, 0.1) is 46.5 Å². The van der Waals surface area contributed by atoms with E-state index in [4.69, 9.17) is 9.47 Å². The highest BCUT2D eigenvalue weighted by Gasteiger charge is 2.56. The van der Waals surface area contributed by atoms with E-state index < -0.39 is 35.6 Å². The molecule has 1 unspecified atom stereocenters. The van der Waals surface area contributed by atoms with Crippen LogP contribution in [0, 0.1) is 30.1 Å². The second-order valence-electron chi connectivity index (χ2n) is 11.8. The average Bonchev–Trinajstić information content (AvgIpc) is 3.31. The first-order valence-electron chi connectivity index (χ1n) is 13.1. The van der Waals surface area contributed by atoms with E-state index in [1.165, 1.54) is 0 Å². The van der Waals surface area contributed by atoms with E-state index in [0.29, 0.717) is 0 Å². The molecule has 0 spiro atoms. The van der Waals surface area contributed by atoms with Crippen LogP contribution in [0.5, 0.6) is 0 Å². The summed E-state index contributed by atoms with van der Waals surface area (Å²) in [7, 11) is 0. The maximum absolute atomic E-state index is 13.3. The number of carbonyl (C=O) groups is 2. The van der Waals surface area contributed by atoms with Gasteiger partial charge in [0, 0.05) is 17.2 Å². The lowest BCUT2D eigenvalue weighted by atomic mass is 9.73. The van der Waals surface area contributed by atoms with E-state index in [-0.39, 0.29) is 35.7 Å². The fraction of sp³-hybridized carbons (Fsp3) is 0.750. The summed E-state index contributed by atoms with van der Waals surface area (Å²) in [4.78, 5) is 30.8. The van der Waals surface area contributed by atoms with Gasteiger partial charge in [-0.1, -0.05) is 41.0 Å². The summed E-state index contributed by atoms with van der Waals surface area (Å²) in [5.74, 6) is -1.68. The van der Waals surface area contributed by atoms with Gasteiger partial charge in [0.25, 0.3) is 0 Å². The minimum atomic E-state index is -1.24. The van der Waals surface area contributed by atoms with E-state index in [2.05, 4.69) is 11.9 Å². The monoisotopic (exact) mass is 521 g/mol. The number of aliphatic hydroxyl groups is 2. The second-order valence-corrected chi connectivity index (χ2v) is 12.8. The number of hydrogen-bond donors (Lipinski definition) is 2. The molecule has 7 nitrogen and oxygen atoms in total. The summed E-state index contributed by atoms with van der Waals surface area (Å²) in [6.45, 7) is 14.9. The number of hydrogen-bond acceptors (Lipinski definition) is 8. The Morgan fingerprint density at radius 3 is 2.47 bits per heavy atom. The second kappa shape index (κ2) is 11.0. The van der Waals surface area contributed by atoms with Crippen LogP contribution in [0.25, 0.3) is 6.08 Å². The summed E-state index contributed by atoms with van der Waals surface area (Å²) >= 11 is 1.56. The van der Waals surface area contributed by atoms with E-state index in [1.54, 1.807) is 32.1 Å². The number of ketones is 1. The van der Waals surface area contributed by atoms with Gasteiger partial charge >= 0.3 is 5.97 Å². The highest BCUT2D eigenvalue weighted by atomic mass is 32.1. The Balaban J connectivity index is 1.91. The van der Waals surface area contributed by atoms with Gasteiger partial charge in [-0.2, -0.15) is 0 Å². The summed E-state index contributed by atoms with van der Waals surface area (Å²) in [6.07, 6.45) is 1.37. The zero-order valence-electron chi connectivity index (χ0n) is 22.9. The van der Waals surface area contributed by atoms with Gasteiger partial charge in [-0.25, -0.2) is 4.98 Å². The van der Waals surface area contributed by atoms with Crippen molar-refractivity contribution < 1.29 is 29.3 Å². The van der Waals surface area contributed by atoms with Gasteiger partial charge in [0.2, 0.25) is 0 Å². The Morgan fingerprint density at radius 2 is 1.86 bits per heavy atom. The van der Waals surface area contributed by atoms with Crippen molar-refractivity contribution in [2.75, 3.05) is 0 Å². The maximum atomic E-state index is 13.3. The molecule has 3 rings (SSSR count). The Hall–Kier alpha value is -1.61. The molecule has 0 amide bonds. The molecule has 0 saturated carbocycles. The van der Waals surface area contributed by atoms with Crippen molar-refractivity contribution in [2.45, 2.75) is 111 Å². The molecule has 1 aromatic rings. The Labute approximate surface area is 219 Å². The largest absolute Gasteiger partial charge is 0.457 e. The number of rotatable bonds is 2. The molecule has 0 bridgehead atoms. The van der Waals surface area contributed by atoms with Crippen LogP contribution in [0.3, 0.4) is 0 Å². The van der Waals surface area contributed by atoms with Gasteiger partial charge in [-0.3, -0.25) is 9.59 Å². The number of fused-ring (bicyclic) bond motifs is 1. The van der Waals surface area contributed by atoms with E-state index >= 15 is 0 Å². The first kappa shape index (κ1) is 29.0. The molecule has 1 aromatic heterocycles. The number of aryl methyl sites for hydroxylation is 1. The number of thiazole rings is 1. The highest BCUT2D eigenvalue weighted by molar-refractivity contribution is 7.09. The number of aromatic nitrogens is 1. The third kappa shape index (κ3) is 6.26. The smallest absolute Gasteiger partial charge is 0.309 e. The molecule has 0 aliphatic carbocycles. The first-order chi connectivity index (χ1) is 16.7. The van der Waals surface area contributed by atoms with Crippen LogP contribution >= 0.6 is 11.3 Å². The van der Waals surface area contributed by atoms with Gasteiger partial charge in [-0.15, -0.1) is 11.3 Å². The summed E-state index contributed by atoms with van der Waals surface area (Å²) < 4.78 is 12.1. The minimum Gasteiger partial charge on any atom is -0.457 e. The Bertz CT molecular complexity index is 986. The summed E-state index contributed by atoms with van der Waals surface area (Å²) in [5, 5.41) is 24.7. The SMILES string of the molecule is C/C(=C\c1csc(C)n1)[C@H]1OC(=O)C[C@H](O)C(C)(C)C(=O)[C@H](C)C(O)[C@@H](C)CCC[C@@]2(C)O[C@H]2[C@@H]1C. The highest BCUT2D eigenvalue weighted by Crippen LogP contribution is 2.47. The number of epoxide rings is 1. The zero-order chi connectivity index (χ0) is 27.0. The standard InChI is InChI=1S/C28H43NO6S/c1-15-10-9-11-28(8)26(35-28)18(4)24(16(2)12-20-14-36-19(5)29-20)34-22(31)13-21(30)27(6,7)25(33)17(3)23(15)32/h12,14-15,17-18,21,23-24,26,30,32H,9-11,13H2,1-8H3/b16-12+/t15-,17+,18+,21-,23?,24+,26-,28+/m0/s1. The van der Waals surface area contributed by atoms with Crippen molar-refractivity contribution in [3.05, 3.63) is 21.7 Å². The molecule has 0 aromatic carbocycles. The summed E-state index contributed by atoms with van der Waals surface area (Å²) in [6, 6.07) is 0. The van der Waals surface area contributed by atoms with Crippen LogP contribution in [0.1, 0.15) is 84.9 Å². The van der Waals surface area contributed by atoms with Crippen LogP contribution in [0.15, 0.2) is 11.0 Å². The molecule has 8 heteroatoms. The predicted molar refractivity (Wildman–Crippen MR) is 140 cm³/mol. The molecule has 0 radical (unpaired) electrons. The molecule has 2 aliphatic heterocycles. The molecule has 2 saturated heterocycles. The Kier molecular flexibility index (Phi) is 8.86. The number of Topliss-reactive ketones (excluding diaryl/α,β-unsaturated/α-hetero) is 1. The number of aliphatic hydroxyl groups excluding tert-OH is 2. The predicted octanol–water partition coefficient (Wildman–Crippen LogP) is 4.72. The van der Waals surface area contributed by atoms with E-state index in [1.807, 2.05) is 39.2 Å². The molecule has 36 heavy (non-hydrogen) atoms. The van der Waals surface area contributed by atoms with Crippen molar-refractivity contribution in [1.29, 1.82) is 0 Å². The quantitative estimate of drug-likeness (QED) is 0.428. The van der Waals surface area contributed by atoms with E-state index in [9.17, 15) is 19.8 Å². The number of ether oxygens (including phenoxy) is 2. The fourth-order valence-electron chi connectivity index (χ4n) is 5.60. The van der Waals surface area contributed by atoms with Crippen molar-refractivity contribution in [3.8, 4) is 0 Å². The van der Waals surface area contributed by atoms with Crippen molar-refractivity contribution in [1.82, 2.24) is 4.98 Å². The molecule has 2 fully saturated rings. The summed E-state index contributed by atoms with van der Waals surface area (Å²) in [5.41, 5.74) is 0.138. The molecule has 202 valence electrons. The average molecular weight is 522 g/mol. The maximum Gasteiger partial charge on any atom is 0.309 e. The van der Waals surface area contributed by atoms with Gasteiger partial charge in [0.1, 0.15) is 11.9 Å². The first-order valence-corrected chi connectivity index (χ1v) is 13.9. The van der Waals surface area contributed by atoms with Gasteiger partial charge in [0.15, 0.2) is 0 Å². The van der Waals surface area contributed by atoms with E-state index in [0.717, 1.165) is 35.5 Å². The molecular formula is C28H43NO6S. The Morgan fingerprint density at radius 1 is 1.19 bits per heavy atom. The lowest BCUT2D eigenvalue weighted by Gasteiger charge is -2.35. The third-order valence-corrected chi connectivity index (χ3v) is 9.08. The number of carbonyl (C=O) groups excluding carboxylic acids is 2. The van der Waals surface area contributed by atoms with Crippen molar-refractivity contribution in [2.24, 2.45) is 23.2 Å². The number of cyclic esters (lactones) is 1. The van der Waals surface area contributed by atoms with Crippen LogP contribution in [0.4, 0.5) is 0 Å². The van der Waals surface area contributed by atoms with Crippen LogP contribution in [-0.2, 0) is 19.1 Å². The van der Waals surface area contributed by atoms with Crippen LogP contribution in [0.2, 0.25) is 0 Å². The topological polar surface area (TPSA) is 109 Å². The molecule has 2 N–H and O–H groups in total. The van der Waals surface area contributed by atoms with Crippen LogP contribution < -0.4 is 0 Å². The van der Waals surface area contributed by atoms with Crippen LogP contribution in [-0.4, -0.2) is 57.0 Å². The lowest BCUT2D eigenvalue weighted by molar-refractivity contribution is -0.156. The normalized spacial score (nSPS) is 38.8. The number of nitrogens with zero attached hydrogens (tertiary/aromatic N) is 1. The minimum absolute atomic E-state index is 0.0764. The van der Waals surface area contributed by atoms with Gasteiger partial charge < -0.3 is 19.7 Å². The molecular weight excluding hydrogens is 478 g/mol. The lowest BCUT2D eigenvalue weighted by Crippen LogP contribution is -2.46. The molecule has 2 aliphatic rings. The molecule has 8 atom stereocenters. The molecule has 3 heterocycles. The third-order valence-electron chi connectivity index (χ3n) is 8.29. The zero-order valence-corrected chi connectivity index (χ0v) is 23.7. The number of esters is 1. The van der Waals surface area contributed by atoms with Crippen molar-refractivity contribution in [3.63, 3.8) is 0 Å². The fourth-order valence-corrected chi connectivity index (χ4v) is 6.17.